The fraction of sp³-hybridized carbons (Fsp3) is 0.385. The van der Waals surface area contributed by atoms with E-state index in [1.54, 1.807) is 12.1 Å². The van der Waals surface area contributed by atoms with Gasteiger partial charge in [0.05, 0.1) is 18.0 Å². The summed E-state index contributed by atoms with van der Waals surface area (Å²) in [6.45, 7) is 3.14. The van der Waals surface area contributed by atoms with Gasteiger partial charge in [0.25, 0.3) is 0 Å². The molecule has 0 spiro atoms. The van der Waals surface area contributed by atoms with Crippen LogP contribution in [0.15, 0.2) is 18.2 Å². The Kier molecular flexibility index (Phi) is 2.98. The molecule has 1 aromatic rings. The van der Waals surface area contributed by atoms with E-state index in [9.17, 15) is 14.7 Å². The summed E-state index contributed by atoms with van der Waals surface area (Å²) in [5.74, 6) is -0.539. The monoisotopic (exact) mass is 249 g/mol. The van der Waals surface area contributed by atoms with E-state index < -0.39 is 18.2 Å². The quantitative estimate of drug-likeness (QED) is 0.782. The number of Topliss-reactive ketones (excluding diaryl/α,β-unsaturated/α-hetero) is 1. The van der Waals surface area contributed by atoms with E-state index in [0.717, 1.165) is 0 Å². The second kappa shape index (κ2) is 4.33. The number of ether oxygens (including phenoxy) is 2. The SMILES string of the molecule is CC1(C)CC(=O)c2cc(OCC(=O)[O-])ccc2O1. The number of hydrogen-bond donors (Lipinski definition) is 0. The van der Waals surface area contributed by atoms with E-state index >= 15 is 0 Å². The predicted octanol–water partition coefficient (Wildman–Crippen LogP) is 0.559. The van der Waals surface area contributed by atoms with Gasteiger partial charge in [-0.1, -0.05) is 0 Å². The molecule has 0 saturated heterocycles. The Morgan fingerprint density at radius 1 is 1.50 bits per heavy atom. The molecule has 0 atom stereocenters. The highest BCUT2D eigenvalue weighted by Crippen LogP contribution is 2.34. The second-order valence-electron chi connectivity index (χ2n) is 4.78. The molecule has 0 unspecified atom stereocenters. The zero-order valence-corrected chi connectivity index (χ0v) is 10.2. The van der Waals surface area contributed by atoms with Crippen molar-refractivity contribution in [3.05, 3.63) is 23.8 Å². The average molecular weight is 249 g/mol. The van der Waals surface area contributed by atoms with Crippen molar-refractivity contribution in [1.82, 2.24) is 0 Å². The minimum atomic E-state index is -1.31. The maximum Gasteiger partial charge on any atom is 0.170 e. The van der Waals surface area contributed by atoms with Crippen LogP contribution in [0.5, 0.6) is 11.5 Å². The Balaban J connectivity index is 2.25. The maximum absolute atomic E-state index is 11.9. The number of hydrogen-bond acceptors (Lipinski definition) is 5. The van der Waals surface area contributed by atoms with E-state index in [1.165, 1.54) is 6.07 Å². The lowest BCUT2D eigenvalue weighted by Gasteiger charge is -2.31. The summed E-state index contributed by atoms with van der Waals surface area (Å²) in [6.07, 6.45) is 0.282. The number of ketones is 1. The van der Waals surface area contributed by atoms with Crippen LogP contribution < -0.4 is 14.6 Å². The summed E-state index contributed by atoms with van der Waals surface area (Å²) < 4.78 is 10.6. The van der Waals surface area contributed by atoms with Crippen molar-refractivity contribution in [1.29, 1.82) is 0 Å². The third-order valence-electron chi connectivity index (χ3n) is 2.58. The molecule has 1 aliphatic heterocycles. The van der Waals surface area contributed by atoms with Gasteiger partial charge >= 0.3 is 0 Å². The van der Waals surface area contributed by atoms with E-state index in [-0.39, 0.29) is 12.2 Å². The van der Waals surface area contributed by atoms with Crippen LogP contribution in [0.3, 0.4) is 0 Å². The Labute approximate surface area is 104 Å². The molecule has 0 N–H and O–H groups in total. The van der Waals surface area contributed by atoms with E-state index in [0.29, 0.717) is 17.1 Å². The van der Waals surface area contributed by atoms with E-state index in [4.69, 9.17) is 9.47 Å². The van der Waals surface area contributed by atoms with Crippen molar-refractivity contribution in [3.8, 4) is 11.5 Å². The fourth-order valence-electron chi connectivity index (χ4n) is 1.86. The van der Waals surface area contributed by atoms with Gasteiger partial charge in [-0.3, -0.25) is 4.79 Å². The molecule has 5 nitrogen and oxygen atoms in total. The van der Waals surface area contributed by atoms with Crippen molar-refractivity contribution in [2.24, 2.45) is 0 Å². The Morgan fingerprint density at radius 2 is 2.22 bits per heavy atom. The number of fused-ring (bicyclic) bond motifs is 1. The summed E-state index contributed by atoms with van der Waals surface area (Å²) in [5, 5.41) is 10.3. The highest BCUT2D eigenvalue weighted by molar-refractivity contribution is 6.00. The summed E-state index contributed by atoms with van der Waals surface area (Å²) in [6, 6.07) is 4.67. The van der Waals surface area contributed by atoms with Gasteiger partial charge in [-0.05, 0) is 32.0 Å². The van der Waals surface area contributed by atoms with Crippen LogP contribution >= 0.6 is 0 Å². The lowest BCUT2D eigenvalue weighted by molar-refractivity contribution is -0.307. The summed E-state index contributed by atoms with van der Waals surface area (Å²) in [5.41, 5.74) is -0.0950. The number of carboxylic acid groups (broad SMARTS) is 1. The standard InChI is InChI=1S/C13H14O5/c1-13(2)6-10(14)9-5-8(17-7-12(15)16)3-4-11(9)18-13/h3-5H,6-7H2,1-2H3,(H,15,16)/p-1. The minimum Gasteiger partial charge on any atom is -0.546 e. The van der Waals surface area contributed by atoms with Crippen LogP contribution in [-0.2, 0) is 4.79 Å². The third kappa shape index (κ3) is 2.61. The first-order valence-electron chi connectivity index (χ1n) is 5.56. The first-order valence-corrected chi connectivity index (χ1v) is 5.56. The Bertz CT molecular complexity index is 504. The zero-order chi connectivity index (χ0) is 13.3. The summed E-state index contributed by atoms with van der Waals surface area (Å²) >= 11 is 0. The maximum atomic E-state index is 11.9. The number of carbonyl (C=O) groups excluding carboxylic acids is 2. The van der Waals surface area contributed by atoms with Crippen molar-refractivity contribution < 1.29 is 24.2 Å². The summed E-state index contributed by atoms with van der Waals surface area (Å²) in [4.78, 5) is 22.2. The predicted molar refractivity (Wildman–Crippen MR) is 60.6 cm³/mol. The van der Waals surface area contributed by atoms with E-state index in [2.05, 4.69) is 0 Å². The molecule has 5 heteroatoms. The number of rotatable bonds is 3. The minimum absolute atomic E-state index is 0.0415. The molecule has 1 heterocycles. The average Bonchev–Trinajstić information content (AvgIpc) is 2.25. The molecule has 1 aliphatic rings. The van der Waals surface area contributed by atoms with Gasteiger partial charge in [0.15, 0.2) is 5.78 Å². The lowest BCUT2D eigenvalue weighted by atomic mass is 9.93. The smallest absolute Gasteiger partial charge is 0.170 e. The van der Waals surface area contributed by atoms with Gasteiger partial charge in [0, 0.05) is 0 Å². The molecule has 0 aromatic heterocycles. The number of aliphatic carboxylic acids is 1. The number of carboxylic acids is 1. The molecule has 18 heavy (non-hydrogen) atoms. The van der Waals surface area contributed by atoms with Crippen molar-refractivity contribution >= 4 is 11.8 Å². The molecular formula is C13H13O5-. The molecule has 2 rings (SSSR count). The Hall–Kier alpha value is -2.04. The molecule has 0 bridgehead atoms. The molecular weight excluding hydrogens is 236 g/mol. The van der Waals surface area contributed by atoms with Crippen LogP contribution in [0.1, 0.15) is 30.6 Å². The molecule has 0 fully saturated rings. The van der Waals surface area contributed by atoms with Gasteiger partial charge < -0.3 is 19.4 Å². The van der Waals surface area contributed by atoms with Gasteiger partial charge in [-0.25, -0.2) is 0 Å². The van der Waals surface area contributed by atoms with E-state index in [1.807, 2.05) is 13.8 Å². The first kappa shape index (κ1) is 12.4. The van der Waals surface area contributed by atoms with Gasteiger partial charge in [-0.2, -0.15) is 0 Å². The molecule has 0 radical (unpaired) electrons. The topological polar surface area (TPSA) is 75.7 Å². The second-order valence-corrected chi connectivity index (χ2v) is 4.78. The zero-order valence-electron chi connectivity index (χ0n) is 10.2. The van der Waals surface area contributed by atoms with Gasteiger partial charge in [0.2, 0.25) is 0 Å². The van der Waals surface area contributed by atoms with Crippen LogP contribution in [-0.4, -0.2) is 24.0 Å². The fourth-order valence-corrected chi connectivity index (χ4v) is 1.86. The number of benzene rings is 1. The Morgan fingerprint density at radius 3 is 2.89 bits per heavy atom. The van der Waals surface area contributed by atoms with Crippen LogP contribution in [0.4, 0.5) is 0 Å². The van der Waals surface area contributed by atoms with Crippen LogP contribution in [0, 0.1) is 0 Å². The molecule has 0 saturated carbocycles. The number of carbonyl (C=O) groups is 2. The van der Waals surface area contributed by atoms with Gasteiger partial charge in [0.1, 0.15) is 23.7 Å². The largest absolute Gasteiger partial charge is 0.546 e. The summed E-state index contributed by atoms with van der Waals surface area (Å²) in [7, 11) is 0. The van der Waals surface area contributed by atoms with Crippen molar-refractivity contribution in [2.75, 3.05) is 6.61 Å². The van der Waals surface area contributed by atoms with Crippen molar-refractivity contribution in [3.63, 3.8) is 0 Å². The highest BCUT2D eigenvalue weighted by Gasteiger charge is 2.32. The lowest BCUT2D eigenvalue weighted by Crippen LogP contribution is -2.35. The normalized spacial score (nSPS) is 16.7. The highest BCUT2D eigenvalue weighted by atomic mass is 16.5. The molecule has 96 valence electrons. The van der Waals surface area contributed by atoms with Gasteiger partial charge in [-0.15, -0.1) is 0 Å². The third-order valence-corrected chi connectivity index (χ3v) is 2.58. The molecule has 0 aliphatic carbocycles. The molecule has 0 amide bonds. The van der Waals surface area contributed by atoms with Crippen LogP contribution in [0.2, 0.25) is 0 Å². The van der Waals surface area contributed by atoms with Crippen molar-refractivity contribution in [2.45, 2.75) is 25.9 Å². The molecule has 1 aromatic carbocycles. The van der Waals surface area contributed by atoms with Crippen LogP contribution in [0.25, 0.3) is 0 Å². The first-order chi connectivity index (χ1) is 8.37.